The summed E-state index contributed by atoms with van der Waals surface area (Å²) in [6.07, 6.45) is 1.71. The summed E-state index contributed by atoms with van der Waals surface area (Å²) < 4.78 is 0. The molecule has 0 bridgehead atoms. The molecule has 1 atom stereocenters. The van der Waals surface area contributed by atoms with Crippen molar-refractivity contribution >= 4 is 23.5 Å². The topological polar surface area (TPSA) is 81.8 Å². The zero-order chi connectivity index (χ0) is 20.9. The number of amides is 4. The fraction of sp³-hybridized carbons (Fsp3) is 0.348. The summed E-state index contributed by atoms with van der Waals surface area (Å²) in [6.45, 7) is 2.75. The maximum Gasteiger partial charge on any atom is 0.329 e. The number of anilines is 1. The molecule has 0 aromatic heterocycles. The van der Waals surface area contributed by atoms with Gasteiger partial charge in [0.15, 0.2) is 0 Å². The van der Waals surface area contributed by atoms with Crippen LogP contribution < -0.4 is 15.5 Å². The molecule has 0 spiro atoms. The number of imide groups is 1. The number of para-hydroxylation sites is 1. The Hall–Kier alpha value is -3.19. The highest BCUT2D eigenvalue weighted by Gasteiger charge is 2.40. The zero-order valence-electron chi connectivity index (χ0n) is 16.8. The van der Waals surface area contributed by atoms with E-state index in [1.807, 2.05) is 24.3 Å². The third-order valence-corrected chi connectivity index (χ3v) is 5.62. The van der Waals surface area contributed by atoms with Crippen LogP contribution in [-0.4, -0.2) is 47.9 Å². The summed E-state index contributed by atoms with van der Waals surface area (Å²) in [5.41, 5.74) is 1.80. The van der Waals surface area contributed by atoms with Crippen molar-refractivity contribution in [3.05, 3.63) is 66.2 Å². The Balaban J connectivity index is 1.24. The number of nitrogens with zero attached hydrogens (tertiary/aromatic N) is 2. The summed E-state index contributed by atoms with van der Waals surface area (Å²) in [4.78, 5) is 40.8. The van der Waals surface area contributed by atoms with E-state index >= 15 is 0 Å². The highest BCUT2D eigenvalue weighted by Crippen LogP contribution is 2.20. The summed E-state index contributed by atoms with van der Waals surface area (Å²) in [5.74, 6) is -0.593. The number of hydrogen-bond donors (Lipinski definition) is 2. The van der Waals surface area contributed by atoms with Gasteiger partial charge in [0, 0.05) is 25.7 Å². The first-order chi connectivity index (χ1) is 14.6. The van der Waals surface area contributed by atoms with E-state index in [1.54, 1.807) is 24.3 Å². The molecule has 0 aliphatic carbocycles. The van der Waals surface area contributed by atoms with E-state index in [4.69, 9.17) is 0 Å². The summed E-state index contributed by atoms with van der Waals surface area (Å²) >= 11 is 0. The number of likely N-dealkylation sites (tertiary alicyclic amines) is 1. The molecule has 0 radical (unpaired) electrons. The lowest BCUT2D eigenvalue weighted by molar-refractivity contribution is -0.126. The van der Waals surface area contributed by atoms with Crippen LogP contribution in [0.1, 0.15) is 24.8 Å². The molecule has 4 rings (SSSR count). The van der Waals surface area contributed by atoms with Gasteiger partial charge in [0.1, 0.15) is 6.04 Å². The van der Waals surface area contributed by atoms with Gasteiger partial charge >= 0.3 is 6.03 Å². The van der Waals surface area contributed by atoms with Gasteiger partial charge in [-0.1, -0.05) is 48.5 Å². The van der Waals surface area contributed by atoms with Gasteiger partial charge in [-0.2, -0.15) is 0 Å². The van der Waals surface area contributed by atoms with Crippen molar-refractivity contribution in [2.24, 2.45) is 0 Å². The van der Waals surface area contributed by atoms with E-state index in [2.05, 4.69) is 27.7 Å². The largest absolute Gasteiger partial charge is 0.353 e. The molecule has 2 fully saturated rings. The minimum Gasteiger partial charge on any atom is -0.353 e. The molecule has 30 heavy (non-hydrogen) atoms. The quantitative estimate of drug-likeness (QED) is 0.721. The fourth-order valence-corrected chi connectivity index (χ4v) is 4.04. The lowest BCUT2D eigenvalue weighted by Crippen LogP contribution is -2.46. The standard InChI is InChI=1S/C23H26N4O3/c28-21(15-20-22(29)27(23(30)25-20)19-9-5-2-6-10-19)24-18-11-13-26(14-12-18)16-17-7-3-1-4-8-17/h1-10,18,20H,11-16H2,(H,24,28)(H,25,30)/t20-/m0/s1. The zero-order valence-corrected chi connectivity index (χ0v) is 16.8. The van der Waals surface area contributed by atoms with Crippen molar-refractivity contribution in [2.75, 3.05) is 18.0 Å². The maximum absolute atomic E-state index is 12.6. The Morgan fingerprint density at radius 3 is 2.27 bits per heavy atom. The third kappa shape index (κ3) is 4.68. The van der Waals surface area contributed by atoms with Crippen molar-refractivity contribution < 1.29 is 14.4 Å². The van der Waals surface area contributed by atoms with Gasteiger partial charge in [-0.05, 0) is 30.5 Å². The molecule has 0 unspecified atom stereocenters. The second-order valence-electron chi connectivity index (χ2n) is 7.82. The van der Waals surface area contributed by atoms with Gasteiger partial charge in [0.25, 0.3) is 5.91 Å². The molecule has 2 aromatic rings. The van der Waals surface area contributed by atoms with Crippen molar-refractivity contribution in [1.82, 2.24) is 15.5 Å². The second kappa shape index (κ2) is 9.09. The van der Waals surface area contributed by atoms with Gasteiger partial charge in [-0.3, -0.25) is 14.5 Å². The van der Waals surface area contributed by atoms with E-state index in [0.717, 1.165) is 37.4 Å². The molecule has 156 valence electrons. The van der Waals surface area contributed by atoms with Crippen LogP contribution in [-0.2, 0) is 16.1 Å². The number of urea groups is 1. The molecule has 2 heterocycles. The predicted octanol–water partition coefficient (Wildman–Crippen LogP) is 2.28. The van der Waals surface area contributed by atoms with Gasteiger partial charge in [0.05, 0.1) is 12.1 Å². The first-order valence-electron chi connectivity index (χ1n) is 10.4. The Morgan fingerprint density at radius 1 is 0.967 bits per heavy atom. The minimum absolute atomic E-state index is 0.0435. The lowest BCUT2D eigenvalue weighted by atomic mass is 10.0. The average molecular weight is 406 g/mol. The lowest BCUT2D eigenvalue weighted by Gasteiger charge is -2.32. The highest BCUT2D eigenvalue weighted by molar-refractivity contribution is 6.22. The monoisotopic (exact) mass is 406 g/mol. The SMILES string of the molecule is O=C(C[C@@H]1NC(=O)N(c2ccccc2)C1=O)NC1CCN(Cc2ccccc2)CC1. The van der Waals surface area contributed by atoms with E-state index in [0.29, 0.717) is 5.69 Å². The van der Waals surface area contributed by atoms with Gasteiger partial charge in [0.2, 0.25) is 5.91 Å². The number of carbonyl (C=O) groups is 3. The Kier molecular flexibility index (Phi) is 6.09. The van der Waals surface area contributed by atoms with Crippen molar-refractivity contribution in [2.45, 2.75) is 37.9 Å². The van der Waals surface area contributed by atoms with Crippen LogP contribution in [0.25, 0.3) is 0 Å². The maximum atomic E-state index is 12.6. The Morgan fingerprint density at radius 2 is 1.60 bits per heavy atom. The number of piperidine rings is 1. The number of rotatable bonds is 6. The summed E-state index contributed by atoms with van der Waals surface area (Å²) in [6, 6.07) is 17.9. The molecule has 2 N–H and O–H groups in total. The van der Waals surface area contributed by atoms with Crippen molar-refractivity contribution in [3.63, 3.8) is 0 Å². The molecule has 2 saturated heterocycles. The number of carbonyl (C=O) groups excluding carboxylic acids is 3. The van der Waals surface area contributed by atoms with Crippen LogP contribution >= 0.6 is 0 Å². The highest BCUT2D eigenvalue weighted by atomic mass is 16.2. The first kappa shape index (κ1) is 20.1. The van der Waals surface area contributed by atoms with Crippen molar-refractivity contribution in [1.29, 1.82) is 0 Å². The smallest absolute Gasteiger partial charge is 0.329 e. The van der Waals surface area contributed by atoms with E-state index in [1.165, 1.54) is 5.56 Å². The fourth-order valence-electron chi connectivity index (χ4n) is 4.04. The third-order valence-electron chi connectivity index (χ3n) is 5.62. The molecule has 2 aromatic carbocycles. The van der Waals surface area contributed by atoms with Crippen LogP contribution in [0.15, 0.2) is 60.7 Å². The molecule has 0 saturated carbocycles. The number of hydrogen-bond acceptors (Lipinski definition) is 4. The second-order valence-corrected chi connectivity index (χ2v) is 7.82. The van der Waals surface area contributed by atoms with Crippen LogP contribution in [0.4, 0.5) is 10.5 Å². The first-order valence-corrected chi connectivity index (χ1v) is 10.4. The molecular weight excluding hydrogens is 380 g/mol. The molecule has 7 nitrogen and oxygen atoms in total. The van der Waals surface area contributed by atoms with Gasteiger partial charge in [-0.15, -0.1) is 0 Å². The molecule has 2 aliphatic heterocycles. The number of benzene rings is 2. The summed E-state index contributed by atoms with van der Waals surface area (Å²) in [7, 11) is 0. The van der Waals surface area contributed by atoms with Crippen LogP contribution in [0.3, 0.4) is 0 Å². The van der Waals surface area contributed by atoms with E-state index < -0.39 is 12.1 Å². The molecule has 2 aliphatic rings. The van der Waals surface area contributed by atoms with Crippen LogP contribution in [0.2, 0.25) is 0 Å². The van der Waals surface area contributed by atoms with Gasteiger partial charge in [-0.25, -0.2) is 9.69 Å². The van der Waals surface area contributed by atoms with Crippen LogP contribution in [0.5, 0.6) is 0 Å². The minimum atomic E-state index is -0.823. The molecule has 7 heteroatoms. The Labute approximate surface area is 176 Å². The Bertz CT molecular complexity index is 895. The molecular formula is C23H26N4O3. The average Bonchev–Trinajstić information content (AvgIpc) is 3.03. The number of nitrogens with one attached hydrogen (secondary N) is 2. The van der Waals surface area contributed by atoms with Gasteiger partial charge < -0.3 is 10.6 Å². The van der Waals surface area contributed by atoms with Crippen molar-refractivity contribution in [3.8, 4) is 0 Å². The summed E-state index contributed by atoms with van der Waals surface area (Å²) in [5, 5.41) is 5.66. The normalized spacial score (nSPS) is 20.3. The van der Waals surface area contributed by atoms with Crippen LogP contribution in [0, 0.1) is 0 Å². The van der Waals surface area contributed by atoms with E-state index in [9.17, 15) is 14.4 Å². The molecule has 4 amide bonds. The predicted molar refractivity (Wildman–Crippen MR) is 114 cm³/mol. The van der Waals surface area contributed by atoms with E-state index in [-0.39, 0.29) is 24.3 Å².